The zero-order chi connectivity index (χ0) is 32.8. The van der Waals surface area contributed by atoms with Gasteiger partial charge >= 0.3 is 6.03 Å². The monoisotopic (exact) mass is 625 g/mol. The number of nitrogens with zero attached hydrogens (tertiary/aromatic N) is 2. The van der Waals surface area contributed by atoms with E-state index in [1.807, 2.05) is 13.0 Å². The Morgan fingerprint density at radius 3 is 2.59 bits per heavy atom. The van der Waals surface area contributed by atoms with Gasteiger partial charge in [0, 0.05) is 41.2 Å². The lowest BCUT2D eigenvalue weighted by Crippen LogP contribution is -2.40. The van der Waals surface area contributed by atoms with Crippen LogP contribution in [0, 0.1) is 18.7 Å². The van der Waals surface area contributed by atoms with E-state index in [1.54, 1.807) is 38.2 Å². The number of nitrogens with one attached hydrogen (secondary N) is 2. The number of hydrogen-bond donors (Lipinski definition) is 4. The Morgan fingerprint density at radius 1 is 1.15 bits per heavy atom. The third-order valence-electron chi connectivity index (χ3n) is 8.86. The summed E-state index contributed by atoms with van der Waals surface area (Å²) < 4.78 is 19.6. The second-order valence-electron chi connectivity index (χ2n) is 12.8. The summed E-state index contributed by atoms with van der Waals surface area (Å²) in [7, 11) is 0. The van der Waals surface area contributed by atoms with Gasteiger partial charge in [0.05, 0.1) is 16.9 Å². The number of amides is 3. The lowest BCUT2D eigenvalue weighted by Gasteiger charge is -2.26. The van der Waals surface area contributed by atoms with Crippen LogP contribution in [0.15, 0.2) is 54.7 Å². The lowest BCUT2D eigenvalue weighted by atomic mass is 9.81. The molecule has 0 bridgehead atoms. The fraction of sp³-hybridized carbons (Fsp3) is 0.343. The molecule has 5 N–H and O–H groups in total. The Kier molecular flexibility index (Phi) is 7.97. The van der Waals surface area contributed by atoms with Gasteiger partial charge in [-0.05, 0) is 100 Å². The van der Waals surface area contributed by atoms with E-state index in [4.69, 9.17) is 15.5 Å². The van der Waals surface area contributed by atoms with Crippen molar-refractivity contribution < 1.29 is 28.6 Å². The summed E-state index contributed by atoms with van der Waals surface area (Å²) in [5, 5.41) is 18.1. The summed E-state index contributed by atoms with van der Waals surface area (Å²) in [4.78, 5) is 48.0. The standard InChI is InChI=1S/C35H36FN5O5/c1-19-12-23-13-22(14-26(29(23)38-16-19)40-33(44)39-17-20-4-5-20)27(42)10-11-35(3,45)28-15-25-31(46-18-34(25,2)32(37)43)30(41-28)21-6-8-24(36)9-7-21/h6-9,12-16,20,45H,4-5,10-11,17-18H2,1-3H3,(H2,37,43)(H2,39,40,44)/t34-,35-/m0/s1. The van der Waals surface area contributed by atoms with E-state index >= 15 is 0 Å². The Morgan fingerprint density at radius 2 is 1.89 bits per heavy atom. The third-order valence-corrected chi connectivity index (χ3v) is 8.86. The molecule has 0 spiro atoms. The van der Waals surface area contributed by atoms with Crippen molar-refractivity contribution in [2.75, 3.05) is 18.5 Å². The molecular formula is C35H36FN5O5. The van der Waals surface area contributed by atoms with E-state index < -0.39 is 22.7 Å². The van der Waals surface area contributed by atoms with Crippen molar-refractivity contribution in [3.8, 4) is 17.0 Å². The number of nitrogens with two attached hydrogens (primary N) is 1. The van der Waals surface area contributed by atoms with Crippen molar-refractivity contribution in [2.45, 2.75) is 57.5 Å². The number of ketones is 1. The molecule has 46 heavy (non-hydrogen) atoms. The molecule has 1 saturated carbocycles. The molecule has 3 amide bonds. The van der Waals surface area contributed by atoms with E-state index in [0.717, 1.165) is 18.4 Å². The molecule has 2 atom stereocenters. The Bertz CT molecular complexity index is 1870. The molecule has 1 fully saturated rings. The van der Waals surface area contributed by atoms with Crippen molar-refractivity contribution in [3.05, 3.63) is 82.9 Å². The largest absolute Gasteiger partial charge is 0.489 e. The zero-order valence-electron chi connectivity index (χ0n) is 25.9. The smallest absolute Gasteiger partial charge is 0.319 e. The Balaban J connectivity index is 1.29. The number of aromatic nitrogens is 2. The number of carbonyl (C=O) groups excluding carboxylic acids is 3. The van der Waals surface area contributed by atoms with Crippen LogP contribution in [0.3, 0.4) is 0 Å². The van der Waals surface area contributed by atoms with Crippen LogP contribution >= 0.6 is 0 Å². The number of hydrogen-bond acceptors (Lipinski definition) is 7. The van der Waals surface area contributed by atoms with Gasteiger partial charge in [-0.25, -0.2) is 14.2 Å². The number of aliphatic hydroxyl groups is 1. The molecule has 11 heteroatoms. The molecule has 1 aliphatic heterocycles. The van der Waals surface area contributed by atoms with Gasteiger partial charge in [-0.3, -0.25) is 14.6 Å². The van der Waals surface area contributed by atoms with Gasteiger partial charge in [-0.1, -0.05) is 0 Å². The first kappa shape index (κ1) is 31.1. The highest BCUT2D eigenvalue weighted by Crippen LogP contribution is 2.46. The number of urea groups is 1. The Labute approximate surface area is 265 Å². The minimum atomic E-state index is -1.61. The normalized spacial score (nSPS) is 18.4. The minimum Gasteiger partial charge on any atom is -0.489 e. The number of benzene rings is 2. The van der Waals surface area contributed by atoms with Gasteiger partial charge in [0.15, 0.2) is 5.78 Å². The van der Waals surface area contributed by atoms with Crippen LogP contribution in [0.1, 0.15) is 66.7 Å². The SMILES string of the molecule is Cc1cnc2c(NC(=O)NCC3CC3)cc(C(=O)CC[C@](C)(O)c3cc4c(c(-c5ccc(F)cc5)n3)OC[C@]4(C)C(N)=O)cc2c1. The predicted molar refractivity (Wildman–Crippen MR) is 171 cm³/mol. The van der Waals surface area contributed by atoms with Crippen molar-refractivity contribution in [1.29, 1.82) is 0 Å². The summed E-state index contributed by atoms with van der Waals surface area (Å²) in [6.45, 7) is 5.68. The van der Waals surface area contributed by atoms with Crippen LogP contribution in [0.25, 0.3) is 22.2 Å². The molecule has 4 aromatic rings. The summed E-state index contributed by atoms with van der Waals surface area (Å²) in [6, 6.07) is 12.1. The fourth-order valence-corrected chi connectivity index (χ4v) is 5.64. The average molecular weight is 626 g/mol. The number of rotatable bonds is 10. The number of primary amides is 1. The fourth-order valence-electron chi connectivity index (χ4n) is 5.64. The maximum atomic E-state index is 13.7. The van der Waals surface area contributed by atoms with Gasteiger partial charge in [-0.2, -0.15) is 0 Å². The first-order chi connectivity index (χ1) is 21.8. The molecular weight excluding hydrogens is 589 g/mol. The highest BCUT2D eigenvalue weighted by Gasteiger charge is 2.45. The second kappa shape index (κ2) is 11.8. The maximum Gasteiger partial charge on any atom is 0.319 e. The van der Waals surface area contributed by atoms with E-state index in [-0.39, 0.29) is 37.0 Å². The Hall–Kier alpha value is -4.90. The van der Waals surface area contributed by atoms with Gasteiger partial charge in [0.2, 0.25) is 5.91 Å². The third kappa shape index (κ3) is 6.15. The molecule has 3 heterocycles. The quantitative estimate of drug-likeness (QED) is 0.175. The highest BCUT2D eigenvalue weighted by atomic mass is 19.1. The van der Waals surface area contributed by atoms with Crippen molar-refractivity contribution in [1.82, 2.24) is 15.3 Å². The van der Waals surface area contributed by atoms with Crippen molar-refractivity contribution in [2.24, 2.45) is 11.7 Å². The predicted octanol–water partition coefficient (Wildman–Crippen LogP) is 5.28. The summed E-state index contributed by atoms with van der Waals surface area (Å²) in [5.74, 6) is -0.440. The van der Waals surface area contributed by atoms with Crippen LogP contribution in [-0.2, 0) is 15.8 Å². The van der Waals surface area contributed by atoms with E-state index in [9.17, 15) is 23.9 Å². The summed E-state index contributed by atoms with van der Waals surface area (Å²) in [6.07, 6.45) is 3.84. The van der Waals surface area contributed by atoms with Gasteiger partial charge in [-0.15, -0.1) is 0 Å². The molecule has 0 saturated heterocycles. The number of fused-ring (bicyclic) bond motifs is 2. The van der Waals surface area contributed by atoms with Crippen LogP contribution in [0.2, 0.25) is 0 Å². The second-order valence-corrected chi connectivity index (χ2v) is 12.8. The molecule has 10 nitrogen and oxygen atoms in total. The molecule has 0 unspecified atom stereocenters. The van der Waals surface area contributed by atoms with Crippen LogP contribution < -0.4 is 21.1 Å². The van der Waals surface area contributed by atoms with E-state index in [2.05, 4.69) is 15.6 Å². The van der Waals surface area contributed by atoms with Gasteiger partial charge < -0.3 is 26.2 Å². The van der Waals surface area contributed by atoms with Crippen molar-refractivity contribution >= 4 is 34.3 Å². The lowest BCUT2D eigenvalue weighted by molar-refractivity contribution is -0.123. The minimum absolute atomic E-state index is 0.0106. The number of pyridine rings is 2. The van der Waals surface area contributed by atoms with Gasteiger partial charge in [0.25, 0.3) is 0 Å². The van der Waals surface area contributed by atoms with E-state index in [0.29, 0.717) is 57.2 Å². The zero-order valence-corrected chi connectivity index (χ0v) is 25.9. The van der Waals surface area contributed by atoms with Crippen LogP contribution in [0.4, 0.5) is 14.9 Å². The number of ether oxygens (including phenoxy) is 1. The molecule has 6 rings (SSSR count). The average Bonchev–Trinajstić information content (AvgIpc) is 3.79. The highest BCUT2D eigenvalue weighted by molar-refractivity contribution is 6.06. The molecule has 2 aliphatic rings. The number of halogens is 1. The summed E-state index contributed by atoms with van der Waals surface area (Å²) >= 11 is 0. The first-order valence-corrected chi connectivity index (χ1v) is 15.3. The molecule has 0 radical (unpaired) electrons. The van der Waals surface area contributed by atoms with E-state index in [1.165, 1.54) is 24.3 Å². The van der Waals surface area contributed by atoms with Crippen molar-refractivity contribution in [3.63, 3.8) is 0 Å². The first-order valence-electron chi connectivity index (χ1n) is 15.3. The number of aryl methyl sites for hydroxylation is 1. The maximum absolute atomic E-state index is 13.7. The summed E-state index contributed by atoms with van der Waals surface area (Å²) in [5.41, 5.74) is 6.74. The molecule has 2 aromatic heterocycles. The number of Topliss-reactive ketones (excluding diaryl/α,β-unsaturated/α-hetero) is 1. The van der Waals surface area contributed by atoms with Crippen LogP contribution in [-0.4, -0.2) is 45.9 Å². The molecule has 1 aliphatic carbocycles. The van der Waals surface area contributed by atoms with Crippen LogP contribution in [0.5, 0.6) is 5.75 Å². The number of carbonyl (C=O) groups is 3. The molecule has 2 aromatic carbocycles. The topological polar surface area (TPSA) is 157 Å². The van der Waals surface area contributed by atoms with Gasteiger partial charge in [0.1, 0.15) is 34.9 Å². The molecule has 238 valence electrons. The number of anilines is 1.